The molecule has 142 valence electrons. The molecule has 5 nitrogen and oxygen atoms in total. The van der Waals surface area contributed by atoms with E-state index in [0.29, 0.717) is 32.7 Å². The van der Waals surface area contributed by atoms with Crippen LogP contribution in [-0.4, -0.2) is 45.2 Å². The lowest BCUT2D eigenvalue weighted by molar-refractivity contribution is -0.274. The minimum Gasteiger partial charge on any atom is -0.406 e. The summed E-state index contributed by atoms with van der Waals surface area (Å²) in [4.78, 5) is 4.44. The SMILES string of the molecule is CCNC(=NCCCOCC)NCCc1ccc(OC(F)(F)F)cc1. The zero-order valence-electron chi connectivity index (χ0n) is 14.7. The van der Waals surface area contributed by atoms with Crippen molar-refractivity contribution in [1.82, 2.24) is 10.6 Å². The molecule has 0 aromatic heterocycles. The molecule has 0 aliphatic rings. The first-order valence-corrected chi connectivity index (χ1v) is 8.39. The van der Waals surface area contributed by atoms with Gasteiger partial charge in [0.15, 0.2) is 5.96 Å². The van der Waals surface area contributed by atoms with E-state index in [0.717, 1.165) is 24.5 Å². The number of halogens is 3. The second-order valence-corrected chi connectivity index (χ2v) is 5.18. The van der Waals surface area contributed by atoms with E-state index in [1.165, 1.54) is 12.1 Å². The Hall–Kier alpha value is -1.96. The summed E-state index contributed by atoms with van der Waals surface area (Å²) in [6.07, 6.45) is -3.15. The molecule has 0 fully saturated rings. The van der Waals surface area contributed by atoms with Crippen LogP contribution >= 0.6 is 0 Å². The fraction of sp³-hybridized carbons (Fsp3) is 0.588. The predicted octanol–water partition coefficient (Wildman–Crippen LogP) is 3.11. The van der Waals surface area contributed by atoms with Gasteiger partial charge in [-0.25, -0.2) is 0 Å². The Kier molecular flexibility index (Phi) is 9.76. The molecule has 0 aliphatic heterocycles. The van der Waals surface area contributed by atoms with Crippen LogP contribution in [0.5, 0.6) is 5.75 Å². The van der Waals surface area contributed by atoms with Crippen LogP contribution in [0.2, 0.25) is 0 Å². The predicted molar refractivity (Wildman–Crippen MR) is 91.9 cm³/mol. The van der Waals surface area contributed by atoms with Crippen LogP contribution in [0.15, 0.2) is 29.3 Å². The van der Waals surface area contributed by atoms with Gasteiger partial charge in [0.05, 0.1) is 0 Å². The maximum atomic E-state index is 12.1. The van der Waals surface area contributed by atoms with Crippen LogP contribution in [0.4, 0.5) is 13.2 Å². The molecule has 2 N–H and O–H groups in total. The molecule has 0 spiro atoms. The molecule has 1 aromatic rings. The lowest BCUT2D eigenvalue weighted by Gasteiger charge is -2.12. The highest BCUT2D eigenvalue weighted by atomic mass is 19.4. The molecule has 0 heterocycles. The van der Waals surface area contributed by atoms with Crippen LogP contribution in [0, 0.1) is 0 Å². The van der Waals surface area contributed by atoms with Crippen LogP contribution < -0.4 is 15.4 Å². The van der Waals surface area contributed by atoms with E-state index in [1.54, 1.807) is 12.1 Å². The maximum absolute atomic E-state index is 12.1. The van der Waals surface area contributed by atoms with Crippen molar-refractivity contribution in [2.45, 2.75) is 33.1 Å². The summed E-state index contributed by atoms with van der Waals surface area (Å²) in [7, 11) is 0. The van der Waals surface area contributed by atoms with Crippen molar-refractivity contribution < 1.29 is 22.6 Å². The Morgan fingerprint density at radius 3 is 2.44 bits per heavy atom. The third kappa shape index (κ3) is 10.5. The zero-order valence-corrected chi connectivity index (χ0v) is 14.7. The number of guanidine groups is 1. The molecule has 0 amide bonds. The number of ether oxygens (including phenoxy) is 2. The number of aliphatic imine (C=N–C) groups is 1. The van der Waals surface area contributed by atoms with Gasteiger partial charge >= 0.3 is 6.36 Å². The molecule has 1 rings (SSSR count). The molecule has 0 atom stereocenters. The average Bonchev–Trinajstić information content (AvgIpc) is 2.55. The molecule has 0 saturated carbocycles. The van der Waals surface area contributed by atoms with Crippen LogP contribution in [0.25, 0.3) is 0 Å². The minimum absolute atomic E-state index is 0.214. The van der Waals surface area contributed by atoms with Crippen molar-refractivity contribution in [1.29, 1.82) is 0 Å². The van der Waals surface area contributed by atoms with Crippen molar-refractivity contribution in [2.75, 3.05) is 32.8 Å². The van der Waals surface area contributed by atoms with E-state index >= 15 is 0 Å². The quantitative estimate of drug-likeness (QED) is 0.382. The number of alkyl halides is 3. The van der Waals surface area contributed by atoms with Crippen molar-refractivity contribution in [3.8, 4) is 5.75 Å². The van der Waals surface area contributed by atoms with Crippen LogP contribution in [-0.2, 0) is 11.2 Å². The molecule has 0 unspecified atom stereocenters. The Morgan fingerprint density at radius 1 is 1.12 bits per heavy atom. The smallest absolute Gasteiger partial charge is 0.406 e. The third-order valence-electron chi connectivity index (χ3n) is 3.13. The van der Waals surface area contributed by atoms with Crippen molar-refractivity contribution in [3.05, 3.63) is 29.8 Å². The summed E-state index contributed by atoms with van der Waals surface area (Å²) >= 11 is 0. The summed E-state index contributed by atoms with van der Waals surface area (Å²) in [5.41, 5.74) is 0.911. The molecule has 0 radical (unpaired) electrons. The highest BCUT2D eigenvalue weighted by molar-refractivity contribution is 5.79. The van der Waals surface area contributed by atoms with E-state index in [-0.39, 0.29) is 5.75 Å². The molecule has 0 bridgehead atoms. The maximum Gasteiger partial charge on any atom is 0.573 e. The van der Waals surface area contributed by atoms with Crippen LogP contribution in [0.3, 0.4) is 0 Å². The van der Waals surface area contributed by atoms with Gasteiger partial charge < -0.3 is 20.1 Å². The summed E-state index contributed by atoms with van der Waals surface area (Å²) in [5.74, 6) is 0.504. The first kappa shape index (κ1) is 21.1. The molecule has 0 saturated heterocycles. The first-order chi connectivity index (χ1) is 11.9. The van der Waals surface area contributed by atoms with Gasteiger partial charge in [0.25, 0.3) is 0 Å². The monoisotopic (exact) mass is 361 g/mol. The van der Waals surface area contributed by atoms with Crippen molar-refractivity contribution in [3.63, 3.8) is 0 Å². The van der Waals surface area contributed by atoms with Gasteiger partial charge in [-0.3, -0.25) is 4.99 Å². The Balaban J connectivity index is 2.38. The Bertz CT molecular complexity index is 505. The van der Waals surface area contributed by atoms with Crippen molar-refractivity contribution >= 4 is 5.96 Å². The number of rotatable bonds is 10. The number of nitrogens with one attached hydrogen (secondary N) is 2. The molecular formula is C17H26F3N3O2. The fourth-order valence-corrected chi connectivity index (χ4v) is 2.03. The molecule has 1 aromatic carbocycles. The lowest BCUT2D eigenvalue weighted by atomic mass is 10.1. The number of hydrogen-bond donors (Lipinski definition) is 2. The lowest BCUT2D eigenvalue weighted by Crippen LogP contribution is -2.38. The van der Waals surface area contributed by atoms with Crippen molar-refractivity contribution in [2.24, 2.45) is 4.99 Å². The highest BCUT2D eigenvalue weighted by Gasteiger charge is 2.30. The second-order valence-electron chi connectivity index (χ2n) is 5.18. The van der Waals surface area contributed by atoms with E-state index in [9.17, 15) is 13.2 Å². The summed E-state index contributed by atoms with van der Waals surface area (Å²) in [6.45, 7) is 7.37. The van der Waals surface area contributed by atoms with Gasteiger partial charge in [-0.1, -0.05) is 12.1 Å². The van der Waals surface area contributed by atoms with Gasteiger partial charge in [0, 0.05) is 32.8 Å². The number of hydrogen-bond acceptors (Lipinski definition) is 3. The summed E-state index contributed by atoms with van der Waals surface area (Å²) in [6, 6.07) is 5.87. The molecule has 8 heteroatoms. The number of benzene rings is 1. The largest absolute Gasteiger partial charge is 0.573 e. The van der Waals surface area contributed by atoms with E-state index in [1.807, 2.05) is 13.8 Å². The Labute approximate surface area is 146 Å². The van der Waals surface area contributed by atoms with Gasteiger partial charge in [0.2, 0.25) is 0 Å². The van der Waals surface area contributed by atoms with Gasteiger partial charge in [0.1, 0.15) is 5.75 Å². The van der Waals surface area contributed by atoms with Gasteiger partial charge in [-0.05, 0) is 44.4 Å². The summed E-state index contributed by atoms with van der Waals surface area (Å²) < 4.78 is 45.5. The number of nitrogens with zero attached hydrogens (tertiary/aromatic N) is 1. The van der Waals surface area contributed by atoms with Gasteiger partial charge in [-0.15, -0.1) is 13.2 Å². The zero-order chi connectivity index (χ0) is 18.5. The van der Waals surface area contributed by atoms with E-state index < -0.39 is 6.36 Å². The molecule has 25 heavy (non-hydrogen) atoms. The second kappa shape index (κ2) is 11.6. The van der Waals surface area contributed by atoms with E-state index in [2.05, 4.69) is 20.4 Å². The van der Waals surface area contributed by atoms with Gasteiger partial charge in [-0.2, -0.15) is 0 Å². The molecular weight excluding hydrogens is 335 g/mol. The first-order valence-electron chi connectivity index (χ1n) is 8.39. The topological polar surface area (TPSA) is 54.9 Å². The Morgan fingerprint density at radius 2 is 1.84 bits per heavy atom. The highest BCUT2D eigenvalue weighted by Crippen LogP contribution is 2.22. The standard InChI is InChI=1S/C17H26F3N3O2/c1-3-21-16(22-11-5-13-24-4-2)23-12-10-14-6-8-15(9-7-14)25-17(18,19)20/h6-9H,3-5,10-13H2,1-2H3,(H2,21,22,23). The molecule has 0 aliphatic carbocycles. The summed E-state index contributed by atoms with van der Waals surface area (Å²) in [5, 5.41) is 6.35. The fourth-order valence-electron chi connectivity index (χ4n) is 2.03. The normalized spacial score (nSPS) is 12.1. The van der Waals surface area contributed by atoms with E-state index in [4.69, 9.17) is 4.74 Å². The van der Waals surface area contributed by atoms with Crippen LogP contribution in [0.1, 0.15) is 25.8 Å². The third-order valence-corrected chi connectivity index (χ3v) is 3.13. The minimum atomic E-state index is -4.66. The average molecular weight is 361 g/mol.